The molecular weight excluding hydrogens is 270 g/mol. The van der Waals surface area contributed by atoms with Crippen molar-refractivity contribution in [3.05, 3.63) is 42.0 Å². The van der Waals surface area contributed by atoms with Gasteiger partial charge in [0.1, 0.15) is 19.5 Å². The van der Waals surface area contributed by atoms with Gasteiger partial charge >= 0.3 is 0 Å². The molecule has 0 amide bonds. The molecule has 2 heterocycles. The Kier molecular flexibility index (Phi) is 4.62. The van der Waals surface area contributed by atoms with Crippen LogP contribution in [-0.2, 0) is 14.3 Å². The fourth-order valence-electron chi connectivity index (χ4n) is 2.26. The van der Waals surface area contributed by atoms with E-state index in [1.807, 2.05) is 43.5 Å². The Morgan fingerprint density at radius 3 is 2.95 bits per heavy atom. The number of aliphatic imine (C=N–C) groups is 1. The number of nitrogens with one attached hydrogen (secondary N) is 1. The molecule has 1 aromatic carbocycles. The van der Waals surface area contributed by atoms with Gasteiger partial charge in [0, 0.05) is 11.8 Å². The zero-order valence-corrected chi connectivity index (χ0v) is 11.9. The van der Waals surface area contributed by atoms with Crippen LogP contribution in [-0.4, -0.2) is 50.7 Å². The van der Waals surface area contributed by atoms with Crippen molar-refractivity contribution in [1.82, 2.24) is 10.4 Å². The summed E-state index contributed by atoms with van der Waals surface area (Å²) in [4.78, 5) is 10.3. The molecule has 2 aliphatic heterocycles. The molecular formula is C15H19N3O3. The average Bonchev–Trinajstić information content (AvgIpc) is 3.07. The summed E-state index contributed by atoms with van der Waals surface area (Å²) in [6, 6.07) is 10.1. The van der Waals surface area contributed by atoms with Crippen molar-refractivity contribution in [2.24, 2.45) is 4.99 Å². The summed E-state index contributed by atoms with van der Waals surface area (Å²) in [6.07, 6.45) is 3.44. The van der Waals surface area contributed by atoms with Gasteiger partial charge in [-0.15, -0.1) is 0 Å². The summed E-state index contributed by atoms with van der Waals surface area (Å²) in [5.74, 6) is 0. The molecule has 1 aromatic rings. The quantitative estimate of drug-likeness (QED) is 0.883. The SMILES string of the molecule is CNC1N=CC=C(c2ccccc2)N1OCC1COCO1. The van der Waals surface area contributed by atoms with E-state index in [9.17, 15) is 0 Å². The van der Waals surface area contributed by atoms with E-state index in [4.69, 9.17) is 14.3 Å². The fourth-order valence-corrected chi connectivity index (χ4v) is 2.26. The second-order valence-electron chi connectivity index (χ2n) is 4.78. The van der Waals surface area contributed by atoms with E-state index in [2.05, 4.69) is 10.3 Å². The third kappa shape index (κ3) is 3.30. The van der Waals surface area contributed by atoms with Crippen molar-refractivity contribution in [2.75, 3.05) is 27.1 Å². The van der Waals surface area contributed by atoms with Gasteiger partial charge in [-0.2, -0.15) is 0 Å². The van der Waals surface area contributed by atoms with Crippen LogP contribution in [0, 0.1) is 0 Å². The van der Waals surface area contributed by atoms with Crippen LogP contribution in [0.15, 0.2) is 41.4 Å². The number of benzene rings is 1. The van der Waals surface area contributed by atoms with E-state index < -0.39 is 0 Å². The van der Waals surface area contributed by atoms with Crippen molar-refractivity contribution in [2.45, 2.75) is 12.4 Å². The van der Waals surface area contributed by atoms with Gasteiger partial charge in [0.05, 0.1) is 12.3 Å². The minimum Gasteiger partial charge on any atom is -0.353 e. The Morgan fingerprint density at radius 1 is 1.38 bits per heavy atom. The average molecular weight is 289 g/mol. The predicted molar refractivity (Wildman–Crippen MR) is 79.2 cm³/mol. The Labute approximate surface area is 124 Å². The topological polar surface area (TPSA) is 55.3 Å². The molecule has 0 aromatic heterocycles. The zero-order valence-electron chi connectivity index (χ0n) is 11.9. The number of ether oxygens (including phenoxy) is 2. The third-order valence-electron chi connectivity index (χ3n) is 3.34. The van der Waals surface area contributed by atoms with Crippen LogP contribution in [0.1, 0.15) is 5.56 Å². The fraction of sp³-hybridized carbons (Fsp3) is 0.400. The van der Waals surface area contributed by atoms with Crippen molar-refractivity contribution < 1.29 is 14.3 Å². The maximum Gasteiger partial charge on any atom is 0.199 e. The first-order chi connectivity index (χ1) is 10.4. The first-order valence-corrected chi connectivity index (χ1v) is 6.96. The second kappa shape index (κ2) is 6.82. The third-order valence-corrected chi connectivity index (χ3v) is 3.34. The summed E-state index contributed by atoms with van der Waals surface area (Å²) in [6.45, 7) is 1.33. The predicted octanol–water partition coefficient (Wildman–Crippen LogP) is 1.22. The monoisotopic (exact) mass is 289 g/mol. The van der Waals surface area contributed by atoms with Gasteiger partial charge in [0.2, 0.25) is 0 Å². The number of rotatable bonds is 5. The van der Waals surface area contributed by atoms with Crippen LogP contribution in [0.2, 0.25) is 0 Å². The maximum atomic E-state index is 5.92. The van der Waals surface area contributed by atoms with E-state index in [1.54, 1.807) is 11.3 Å². The summed E-state index contributed by atoms with van der Waals surface area (Å²) in [5.41, 5.74) is 2.04. The van der Waals surface area contributed by atoms with E-state index >= 15 is 0 Å². The lowest BCUT2D eigenvalue weighted by Gasteiger charge is -2.33. The smallest absolute Gasteiger partial charge is 0.199 e. The van der Waals surface area contributed by atoms with Crippen molar-refractivity contribution in [3.63, 3.8) is 0 Å². The highest BCUT2D eigenvalue weighted by molar-refractivity contribution is 5.85. The van der Waals surface area contributed by atoms with Crippen molar-refractivity contribution >= 4 is 11.9 Å². The van der Waals surface area contributed by atoms with Crippen LogP contribution >= 0.6 is 0 Å². The maximum absolute atomic E-state index is 5.92. The molecule has 112 valence electrons. The van der Waals surface area contributed by atoms with Gasteiger partial charge in [-0.3, -0.25) is 15.1 Å². The van der Waals surface area contributed by atoms with Crippen LogP contribution in [0.5, 0.6) is 0 Å². The molecule has 2 atom stereocenters. The van der Waals surface area contributed by atoms with Crippen LogP contribution in [0.4, 0.5) is 0 Å². The number of allylic oxidation sites excluding steroid dienone is 1. The first-order valence-electron chi connectivity index (χ1n) is 6.96. The molecule has 2 aliphatic rings. The highest BCUT2D eigenvalue weighted by atomic mass is 16.7. The largest absolute Gasteiger partial charge is 0.353 e. The summed E-state index contributed by atoms with van der Waals surface area (Å²) < 4.78 is 10.6. The lowest BCUT2D eigenvalue weighted by molar-refractivity contribution is -0.163. The molecule has 6 heteroatoms. The van der Waals surface area contributed by atoms with Crippen LogP contribution in [0.3, 0.4) is 0 Å². The van der Waals surface area contributed by atoms with Gasteiger partial charge in [0.15, 0.2) is 6.29 Å². The minimum absolute atomic E-state index is 0.0366. The second-order valence-corrected chi connectivity index (χ2v) is 4.78. The van der Waals surface area contributed by atoms with Gasteiger partial charge < -0.3 is 9.47 Å². The summed E-state index contributed by atoms with van der Waals surface area (Å²) >= 11 is 0. The number of hydroxylamine groups is 2. The normalized spacial score (nSPS) is 25.2. The molecule has 0 bridgehead atoms. The lowest BCUT2D eigenvalue weighted by Crippen LogP contribution is -2.44. The Hall–Kier alpha value is -1.73. The number of hydrogen-bond donors (Lipinski definition) is 1. The molecule has 1 fully saturated rings. The van der Waals surface area contributed by atoms with Crippen molar-refractivity contribution in [3.8, 4) is 0 Å². The van der Waals surface area contributed by atoms with E-state index in [-0.39, 0.29) is 12.4 Å². The lowest BCUT2D eigenvalue weighted by atomic mass is 10.1. The Morgan fingerprint density at radius 2 is 2.24 bits per heavy atom. The molecule has 1 saturated heterocycles. The highest BCUT2D eigenvalue weighted by Gasteiger charge is 2.25. The Bertz CT molecular complexity index is 512. The first kappa shape index (κ1) is 14.2. The minimum atomic E-state index is -0.257. The molecule has 21 heavy (non-hydrogen) atoms. The molecule has 0 radical (unpaired) electrons. The number of hydrogen-bond acceptors (Lipinski definition) is 6. The number of nitrogens with zero attached hydrogens (tertiary/aromatic N) is 2. The standard InChI is InChI=1S/C15H19N3O3/c1-16-15-17-8-7-14(12-5-3-2-4-6-12)18(15)21-10-13-9-19-11-20-13/h2-8,13,15-16H,9-11H2,1H3. The molecule has 6 nitrogen and oxygen atoms in total. The van der Waals surface area contributed by atoms with E-state index in [0.29, 0.717) is 20.0 Å². The van der Waals surface area contributed by atoms with Crippen LogP contribution < -0.4 is 5.32 Å². The van der Waals surface area contributed by atoms with Gasteiger partial charge in [-0.05, 0) is 13.1 Å². The Balaban J connectivity index is 1.75. The molecule has 1 N–H and O–H groups in total. The summed E-state index contributed by atoms with van der Waals surface area (Å²) in [7, 11) is 1.85. The zero-order chi connectivity index (χ0) is 14.5. The highest BCUT2D eigenvalue weighted by Crippen LogP contribution is 2.24. The summed E-state index contributed by atoms with van der Waals surface area (Å²) in [5, 5.41) is 4.89. The molecule has 0 saturated carbocycles. The molecule has 0 spiro atoms. The van der Waals surface area contributed by atoms with E-state index in [0.717, 1.165) is 11.3 Å². The molecule has 2 unspecified atom stereocenters. The van der Waals surface area contributed by atoms with E-state index in [1.165, 1.54) is 0 Å². The van der Waals surface area contributed by atoms with Gasteiger partial charge in [-0.25, -0.2) is 5.06 Å². The van der Waals surface area contributed by atoms with Crippen molar-refractivity contribution in [1.29, 1.82) is 0 Å². The van der Waals surface area contributed by atoms with Gasteiger partial charge in [-0.1, -0.05) is 30.3 Å². The molecule has 0 aliphatic carbocycles. The van der Waals surface area contributed by atoms with Crippen LogP contribution in [0.25, 0.3) is 5.70 Å². The van der Waals surface area contributed by atoms with Gasteiger partial charge in [0.25, 0.3) is 0 Å². The molecule has 3 rings (SSSR count).